The number of phenols is 1. The molecule has 0 amide bonds. The number of rotatable bonds is 3. The van der Waals surface area contributed by atoms with Gasteiger partial charge in [0.05, 0.1) is 11.5 Å². The lowest BCUT2D eigenvalue weighted by molar-refractivity contribution is -0.144. The largest absolute Gasteiger partial charge is 0.507 e. The molecule has 2 atom stereocenters. The molecular formula is C18H18O4. The summed E-state index contributed by atoms with van der Waals surface area (Å²) in [6.45, 7) is 0. The lowest BCUT2D eigenvalue weighted by Gasteiger charge is -2.27. The molecule has 0 unspecified atom stereocenters. The Kier molecular flexibility index (Phi) is 3.84. The normalized spacial score (nSPS) is 21.6. The fraction of sp³-hybridized carbons (Fsp3) is 0.333. The van der Waals surface area contributed by atoms with Gasteiger partial charge in [0.1, 0.15) is 5.75 Å². The maximum atomic E-state index is 12.8. The van der Waals surface area contributed by atoms with E-state index in [1.165, 1.54) is 0 Å². The minimum absolute atomic E-state index is 0.0437. The zero-order valence-electron chi connectivity index (χ0n) is 12.2. The number of carboxylic acids is 1. The molecule has 0 aromatic heterocycles. The molecule has 2 aromatic carbocycles. The number of hydrogen-bond acceptors (Lipinski definition) is 3. The maximum absolute atomic E-state index is 12.8. The monoisotopic (exact) mass is 298 g/mol. The summed E-state index contributed by atoms with van der Waals surface area (Å²) < 4.78 is 0. The Bertz CT molecular complexity index is 735. The molecule has 4 heteroatoms. The first-order valence-corrected chi connectivity index (χ1v) is 7.57. The van der Waals surface area contributed by atoms with Crippen LogP contribution in [0, 0.1) is 11.8 Å². The average molecular weight is 298 g/mol. The van der Waals surface area contributed by atoms with Crippen molar-refractivity contribution >= 4 is 22.5 Å². The zero-order valence-corrected chi connectivity index (χ0v) is 12.2. The molecule has 1 fully saturated rings. The van der Waals surface area contributed by atoms with Crippen molar-refractivity contribution in [1.29, 1.82) is 0 Å². The van der Waals surface area contributed by atoms with Crippen molar-refractivity contribution in [2.45, 2.75) is 25.7 Å². The van der Waals surface area contributed by atoms with Gasteiger partial charge in [0.15, 0.2) is 5.78 Å². The zero-order chi connectivity index (χ0) is 15.7. The minimum Gasteiger partial charge on any atom is -0.507 e. The van der Waals surface area contributed by atoms with Crippen LogP contribution in [0.1, 0.15) is 36.0 Å². The summed E-state index contributed by atoms with van der Waals surface area (Å²) in [5.74, 6) is -2.41. The second-order valence-electron chi connectivity index (χ2n) is 5.88. The standard InChI is InChI=1S/C18H18O4/c19-16-12-6-2-1-5-11(12)9-10-15(16)17(20)13-7-3-4-8-14(13)18(21)22/h1-2,5-6,9-10,13-14,19H,3-4,7-8H2,(H,21,22)/t13-,14+/m1/s1. The van der Waals surface area contributed by atoms with Gasteiger partial charge in [-0.1, -0.05) is 43.2 Å². The van der Waals surface area contributed by atoms with Gasteiger partial charge in [0, 0.05) is 11.3 Å². The number of Topliss-reactive ketones (excluding diaryl/α,β-unsaturated/α-hetero) is 1. The van der Waals surface area contributed by atoms with E-state index < -0.39 is 17.8 Å². The predicted molar refractivity (Wildman–Crippen MR) is 83.0 cm³/mol. The number of ketones is 1. The molecule has 0 radical (unpaired) electrons. The number of phenolic OH excluding ortho intramolecular Hbond substituents is 1. The smallest absolute Gasteiger partial charge is 0.307 e. The molecule has 1 saturated carbocycles. The van der Waals surface area contributed by atoms with Gasteiger partial charge < -0.3 is 10.2 Å². The van der Waals surface area contributed by atoms with Crippen LogP contribution in [-0.2, 0) is 4.79 Å². The third kappa shape index (κ3) is 2.45. The Morgan fingerprint density at radius 1 is 0.955 bits per heavy atom. The molecule has 0 spiro atoms. The first-order chi connectivity index (χ1) is 10.6. The Balaban J connectivity index is 2.01. The summed E-state index contributed by atoms with van der Waals surface area (Å²) in [5, 5.41) is 21.2. The second-order valence-corrected chi connectivity index (χ2v) is 5.88. The first kappa shape index (κ1) is 14.6. The van der Waals surface area contributed by atoms with E-state index in [0.29, 0.717) is 18.2 Å². The lowest BCUT2D eigenvalue weighted by Crippen LogP contribution is -2.32. The summed E-state index contributed by atoms with van der Waals surface area (Å²) in [6.07, 6.45) is 2.79. The Morgan fingerprint density at radius 2 is 1.64 bits per heavy atom. The molecule has 1 aliphatic carbocycles. The van der Waals surface area contributed by atoms with Crippen molar-refractivity contribution in [2.75, 3.05) is 0 Å². The first-order valence-electron chi connectivity index (χ1n) is 7.57. The van der Waals surface area contributed by atoms with Crippen LogP contribution in [0.25, 0.3) is 10.8 Å². The van der Waals surface area contributed by atoms with Crippen molar-refractivity contribution in [2.24, 2.45) is 11.8 Å². The molecule has 2 N–H and O–H groups in total. The van der Waals surface area contributed by atoms with Crippen LogP contribution in [0.3, 0.4) is 0 Å². The van der Waals surface area contributed by atoms with Gasteiger partial charge in [-0.05, 0) is 24.3 Å². The molecule has 0 aliphatic heterocycles. The van der Waals surface area contributed by atoms with Gasteiger partial charge in [-0.3, -0.25) is 9.59 Å². The minimum atomic E-state index is -0.918. The third-order valence-corrected chi connectivity index (χ3v) is 4.59. The summed E-state index contributed by atoms with van der Waals surface area (Å²) in [4.78, 5) is 24.1. The number of carboxylic acid groups (broad SMARTS) is 1. The van der Waals surface area contributed by atoms with Crippen molar-refractivity contribution in [1.82, 2.24) is 0 Å². The lowest BCUT2D eigenvalue weighted by atomic mass is 9.75. The Morgan fingerprint density at radius 3 is 2.36 bits per heavy atom. The van der Waals surface area contributed by atoms with Crippen LogP contribution in [0.5, 0.6) is 5.75 Å². The number of fused-ring (bicyclic) bond motifs is 1. The fourth-order valence-electron chi connectivity index (χ4n) is 3.39. The van der Waals surface area contributed by atoms with Crippen molar-refractivity contribution in [3.8, 4) is 5.75 Å². The summed E-state index contributed by atoms with van der Waals surface area (Å²) in [5.41, 5.74) is 0.233. The molecule has 22 heavy (non-hydrogen) atoms. The van der Waals surface area contributed by atoms with E-state index in [2.05, 4.69) is 0 Å². The van der Waals surface area contributed by atoms with E-state index in [-0.39, 0.29) is 17.1 Å². The SMILES string of the molecule is O=C(O)[C@H]1CCCC[C@H]1C(=O)c1ccc2ccccc2c1O. The van der Waals surface area contributed by atoms with E-state index in [0.717, 1.165) is 18.2 Å². The highest BCUT2D eigenvalue weighted by molar-refractivity contribution is 6.06. The number of benzene rings is 2. The summed E-state index contributed by atoms with van der Waals surface area (Å²) >= 11 is 0. The third-order valence-electron chi connectivity index (χ3n) is 4.59. The van der Waals surface area contributed by atoms with E-state index >= 15 is 0 Å². The van der Waals surface area contributed by atoms with E-state index in [1.54, 1.807) is 24.3 Å². The van der Waals surface area contributed by atoms with Crippen molar-refractivity contribution in [3.63, 3.8) is 0 Å². The number of carbonyl (C=O) groups is 2. The van der Waals surface area contributed by atoms with E-state index in [9.17, 15) is 19.8 Å². The number of carbonyl (C=O) groups excluding carboxylic acids is 1. The van der Waals surface area contributed by atoms with Gasteiger partial charge in [-0.25, -0.2) is 0 Å². The second kappa shape index (κ2) is 5.79. The number of hydrogen-bond donors (Lipinski definition) is 2. The molecule has 1 aliphatic rings. The molecular weight excluding hydrogens is 280 g/mol. The molecule has 114 valence electrons. The number of aromatic hydroxyl groups is 1. The maximum Gasteiger partial charge on any atom is 0.307 e. The molecule has 3 rings (SSSR count). The van der Waals surface area contributed by atoms with Crippen LogP contribution in [0.2, 0.25) is 0 Å². The molecule has 2 aromatic rings. The molecule has 4 nitrogen and oxygen atoms in total. The Labute approximate surface area is 128 Å². The quantitative estimate of drug-likeness (QED) is 0.849. The average Bonchev–Trinajstić information content (AvgIpc) is 2.55. The highest BCUT2D eigenvalue weighted by atomic mass is 16.4. The summed E-state index contributed by atoms with van der Waals surface area (Å²) in [6, 6.07) is 10.7. The van der Waals surface area contributed by atoms with Crippen LogP contribution >= 0.6 is 0 Å². The van der Waals surface area contributed by atoms with Crippen LogP contribution in [0.4, 0.5) is 0 Å². The number of aliphatic carboxylic acids is 1. The molecule has 0 saturated heterocycles. The predicted octanol–water partition coefficient (Wildman–Crippen LogP) is 3.62. The molecule has 0 bridgehead atoms. The van der Waals surface area contributed by atoms with Crippen LogP contribution < -0.4 is 0 Å². The van der Waals surface area contributed by atoms with Crippen LogP contribution in [0.15, 0.2) is 36.4 Å². The summed E-state index contributed by atoms with van der Waals surface area (Å²) in [7, 11) is 0. The highest BCUT2D eigenvalue weighted by Crippen LogP contribution is 2.36. The topological polar surface area (TPSA) is 74.6 Å². The molecule has 0 heterocycles. The van der Waals surface area contributed by atoms with Gasteiger partial charge >= 0.3 is 5.97 Å². The van der Waals surface area contributed by atoms with Gasteiger partial charge in [-0.15, -0.1) is 0 Å². The van der Waals surface area contributed by atoms with Gasteiger partial charge in [-0.2, -0.15) is 0 Å². The highest BCUT2D eigenvalue weighted by Gasteiger charge is 2.36. The van der Waals surface area contributed by atoms with E-state index in [4.69, 9.17) is 0 Å². The van der Waals surface area contributed by atoms with Crippen LogP contribution in [-0.4, -0.2) is 22.0 Å². The van der Waals surface area contributed by atoms with Crippen molar-refractivity contribution in [3.05, 3.63) is 42.0 Å². The van der Waals surface area contributed by atoms with Crippen molar-refractivity contribution < 1.29 is 19.8 Å². The van der Waals surface area contributed by atoms with Gasteiger partial charge in [0.2, 0.25) is 0 Å². The Hall–Kier alpha value is -2.36. The fourth-order valence-corrected chi connectivity index (χ4v) is 3.39. The van der Waals surface area contributed by atoms with Gasteiger partial charge in [0.25, 0.3) is 0 Å². The van der Waals surface area contributed by atoms with E-state index in [1.807, 2.05) is 12.1 Å².